The molecule has 8 nitrogen and oxygen atoms in total. The van der Waals surface area contributed by atoms with E-state index in [0.29, 0.717) is 0 Å². The molecule has 0 saturated heterocycles. The Balaban J connectivity index is 0.000000315. The quantitative estimate of drug-likeness (QED) is 0.310. The minimum absolute atomic E-state index is 0.749. The molecule has 122 valence electrons. The van der Waals surface area contributed by atoms with Crippen LogP contribution in [-0.4, -0.2) is 17.5 Å². The molecule has 2 aromatic carbocycles. The number of rotatable bonds is 0. The lowest BCUT2D eigenvalue weighted by atomic mass is 10.2. The Morgan fingerprint density at radius 3 is 1.36 bits per heavy atom. The average molecular weight is 328 g/mol. The van der Waals surface area contributed by atoms with Crippen molar-refractivity contribution >= 4 is 33.1 Å². The maximum Gasteiger partial charge on any atom is 0.394 e. The van der Waals surface area contributed by atoms with Gasteiger partial charge in [-0.3, -0.25) is 9.11 Å². The van der Waals surface area contributed by atoms with Crippen LogP contribution in [0.15, 0.2) is 42.5 Å². The molecule has 0 aliphatic rings. The van der Waals surface area contributed by atoms with Crippen LogP contribution in [0.1, 0.15) is 5.56 Å². The summed E-state index contributed by atoms with van der Waals surface area (Å²) >= 11 is 0. The van der Waals surface area contributed by atoms with E-state index in [9.17, 15) is 0 Å². The van der Waals surface area contributed by atoms with Crippen LogP contribution in [0.3, 0.4) is 0 Å². The summed E-state index contributed by atoms with van der Waals surface area (Å²) in [7, 11) is -4.67. The van der Waals surface area contributed by atoms with Crippen LogP contribution >= 0.6 is 0 Å². The summed E-state index contributed by atoms with van der Waals surface area (Å²) in [5.41, 5.74) is 25.8. The Morgan fingerprint density at radius 2 is 1.09 bits per heavy atom. The first kappa shape index (κ1) is 19.5. The molecule has 9 heteroatoms. The molecule has 10 N–H and O–H groups in total. The summed E-state index contributed by atoms with van der Waals surface area (Å²) in [4.78, 5) is 0. The van der Waals surface area contributed by atoms with Gasteiger partial charge in [0.1, 0.15) is 0 Å². The molecule has 0 saturated carbocycles. The Morgan fingerprint density at radius 1 is 0.773 bits per heavy atom. The second-order valence-corrected chi connectivity index (χ2v) is 5.13. The van der Waals surface area contributed by atoms with Crippen LogP contribution in [0.25, 0.3) is 0 Å². The van der Waals surface area contributed by atoms with Gasteiger partial charge in [0.05, 0.1) is 0 Å². The monoisotopic (exact) mass is 328 g/mol. The molecule has 2 aromatic rings. The second-order valence-electron chi connectivity index (χ2n) is 4.23. The van der Waals surface area contributed by atoms with E-state index in [4.69, 9.17) is 40.5 Å². The summed E-state index contributed by atoms with van der Waals surface area (Å²) in [6, 6.07) is 12.6. The van der Waals surface area contributed by atoms with E-state index in [0.717, 1.165) is 28.3 Å². The molecule has 0 radical (unpaired) electrons. The predicted octanol–water partition coefficient (Wildman–Crippen LogP) is 1.36. The molecule has 0 amide bonds. The number of benzene rings is 2. The van der Waals surface area contributed by atoms with E-state index in [1.807, 2.05) is 19.1 Å². The Hall–Kier alpha value is -2.49. The normalized spacial score (nSPS) is 9.77. The summed E-state index contributed by atoms with van der Waals surface area (Å²) in [6.45, 7) is 1.94. The summed E-state index contributed by atoms with van der Waals surface area (Å²) in [6.07, 6.45) is 0. The fourth-order valence-electron chi connectivity index (χ4n) is 1.19. The molecular formula is C13H20N4O4S. The maximum atomic E-state index is 8.74. The van der Waals surface area contributed by atoms with Crippen molar-refractivity contribution in [2.45, 2.75) is 6.92 Å². The Labute approximate surface area is 129 Å². The summed E-state index contributed by atoms with van der Waals surface area (Å²) in [5, 5.41) is 0. The number of nitrogen functional groups attached to an aromatic ring is 4. The lowest BCUT2D eigenvalue weighted by Gasteiger charge is -1.98. The van der Waals surface area contributed by atoms with Gasteiger partial charge < -0.3 is 22.9 Å². The number of hydrogen-bond donors (Lipinski definition) is 6. The van der Waals surface area contributed by atoms with E-state index >= 15 is 0 Å². The lowest BCUT2D eigenvalue weighted by Crippen LogP contribution is -1.91. The highest BCUT2D eigenvalue weighted by molar-refractivity contribution is 7.79. The second kappa shape index (κ2) is 8.72. The lowest BCUT2D eigenvalue weighted by molar-refractivity contribution is 0.381. The molecule has 0 heterocycles. The van der Waals surface area contributed by atoms with Crippen molar-refractivity contribution in [1.82, 2.24) is 0 Å². The molecular weight excluding hydrogens is 308 g/mol. The topological polar surface area (TPSA) is 179 Å². The molecule has 0 aliphatic heterocycles. The van der Waals surface area contributed by atoms with Crippen molar-refractivity contribution in [3.8, 4) is 0 Å². The van der Waals surface area contributed by atoms with Gasteiger partial charge in [-0.15, -0.1) is 0 Å². The van der Waals surface area contributed by atoms with E-state index in [1.54, 1.807) is 30.3 Å². The smallest absolute Gasteiger partial charge is 0.394 e. The van der Waals surface area contributed by atoms with Gasteiger partial charge in [0, 0.05) is 22.7 Å². The summed E-state index contributed by atoms with van der Waals surface area (Å²) < 4.78 is 31.6. The van der Waals surface area contributed by atoms with Crippen LogP contribution in [0, 0.1) is 6.92 Å². The van der Waals surface area contributed by atoms with Gasteiger partial charge in [-0.2, -0.15) is 8.42 Å². The van der Waals surface area contributed by atoms with Gasteiger partial charge in [-0.1, -0.05) is 0 Å². The molecule has 0 spiro atoms. The zero-order valence-electron chi connectivity index (χ0n) is 12.0. The number of anilines is 4. The maximum absolute atomic E-state index is 8.74. The predicted molar refractivity (Wildman–Crippen MR) is 89.4 cm³/mol. The van der Waals surface area contributed by atoms with Crippen LogP contribution in [0.5, 0.6) is 0 Å². The van der Waals surface area contributed by atoms with Crippen molar-refractivity contribution in [3.63, 3.8) is 0 Å². The number of nitrogens with two attached hydrogens (primary N) is 4. The average Bonchev–Trinajstić information content (AvgIpc) is 2.37. The first-order valence-corrected chi connectivity index (χ1v) is 7.31. The van der Waals surface area contributed by atoms with Gasteiger partial charge in [-0.05, 0) is 55.0 Å². The Bertz CT molecular complexity index is 659. The van der Waals surface area contributed by atoms with Gasteiger partial charge >= 0.3 is 10.4 Å². The minimum Gasteiger partial charge on any atom is -0.399 e. The minimum atomic E-state index is -4.67. The van der Waals surface area contributed by atoms with Gasteiger partial charge in [0.15, 0.2) is 0 Å². The van der Waals surface area contributed by atoms with E-state index in [2.05, 4.69) is 0 Å². The molecule has 0 atom stereocenters. The van der Waals surface area contributed by atoms with Crippen molar-refractivity contribution in [1.29, 1.82) is 0 Å². The fraction of sp³-hybridized carbons (Fsp3) is 0.0769. The summed E-state index contributed by atoms with van der Waals surface area (Å²) in [5.74, 6) is 0. The van der Waals surface area contributed by atoms with Crippen molar-refractivity contribution < 1.29 is 17.5 Å². The van der Waals surface area contributed by atoms with E-state index in [1.165, 1.54) is 0 Å². The highest BCUT2D eigenvalue weighted by atomic mass is 32.3. The van der Waals surface area contributed by atoms with Crippen LogP contribution in [0.4, 0.5) is 22.7 Å². The highest BCUT2D eigenvalue weighted by Gasteiger charge is 1.90. The standard InChI is InChI=1S/C7H10N2.C6H8N2.H2O4S/c1-5-4-6(8)2-3-7(5)9;7-5-1-2-6(8)4-3-5;1-5(2,3)4/h2-4H,8-9H2,1H3;1-4H,7-8H2;(H2,1,2,3,4). The number of hydrogen-bond acceptors (Lipinski definition) is 6. The zero-order chi connectivity index (χ0) is 17.3. The molecule has 0 fully saturated rings. The van der Waals surface area contributed by atoms with Crippen molar-refractivity contribution in [2.75, 3.05) is 22.9 Å². The van der Waals surface area contributed by atoms with Gasteiger partial charge in [0.25, 0.3) is 0 Å². The van der Waals surface area contributed by atoms with E-state index < -0.39 is 10.4 Å². The van der Waals surface area contributed by atoms with Crippen LogP contribution in [-0.2, 0) is 10.4 Å². The molecule has 0 aromatic heterocycles. The van der Waals surface area contributed by atoms with Crippen molar-refractivity contribution in [3.05, 3.63) is 48.0 Å². The number of aryl methyl sites for hydroxylation is 1. The Kier molecular flexibility index (Phi) is 7.73. The van der Waals surface area contributed by atoms with Gasteiger partial charge in [-0.25, -0.2) is 0 Å². The highest BCUT2D eigenvalue weighted by Crippen LogP contribution is 2.12. The van der Waals surface area contributed by atoms with Crippen LogP contribution in [0.2, 0.25) is 0 Å². The third kappa shape index (κ3) is 11.3. The van der Waals surface area contributed by atoms with Crippen molar-refractivity contribution in [2.24, 2.45) is 0 Å². The molecule has 0 unspecified atom stereocenters. The SMILES string of the molecule is Cc1cc(N)ccc1N.Nc1ccc(N)cc1.O=S(=O)(O)O. The first-order chi connectivity index (χ1) is 9.99. The fourth-order valence-corrected chi connectivity index (χ4v) is 1.19. The molecule has 2 rings (SSSR count). The largest absolute Gasteiger partial charge is 0.399 e. The molecule has 22 heavy (non-hydrogen) atoms. The third-order valence-corrected chi connectivity index (χ3v) is 2.23. The van der Waals surface area contributed by atoms with E-state index in [-0.39, 0.29) is 0 Å². The molecule has 0 aliphatic carbocycles. The third-order valence-electron chi connectivity index (χ3n) is 2.23. The molecule has 0 bridgehead atoms. The van der Waals surface area contributed by atoms with Crippen LogP contribution < -0.4 is 22.9 Å². The first-order valence-electron chi connectivity index (χ1n) is 5.91. The zero-order valence-corrected chi connectivity index (χ0v) is 12.8. The van der Waals surface area contributed by atoms with Gasteiger partial charge in [0.2, 0.25) is 0 Å².